The van der Waals surface area contributed by atoms with Crippen LogP contribution in [0.2, 0.25) is 0 Å². The van der Waals surface area contributed by atoms with Crippen molar-refractivity contribution in [3.8, 4) is 34.5 Å². The van der Waals surface area contributed by atoms with E-state index in [1.165, 1.54) is 42.5 Å². The second-order valence-corrected chi connectivity index (χ2v) is 12.3. The van der Waals surface area contributed by atoms with E-state index in [0.717, 1.165) is 30.1 Å². The van der Waals surface area contributed by atoms with Crippen LogP contribution in [0.5, 0.6) is 34.5 Å². The van der Waals surface area contributed by atoms with Gasteiger partial charge in [0.05, 0.1) is 0 Å². The van der Waals surface area contributed by atoms with E-state index in [1.54, 1.807) is 0 Å². The number of esters is 1. The van der Waals surface area contributed by atoms with Gasteiger partial charge in [0.15, 0.2) is 34.5 Å². The lowest BCUT2D eigenvalue weighted by molar-refractivity contribution is -0.160. The number of carbonyl (C=O) groups is 2. The summed E-state index contributed by atoms with van der Waals surface area (Å²) < 4.78 is 5.20. The molecule has 0 spiro atoms. The van der Waals surface area contributed by atoms with Crippen molar-refractivity contribution in [2.45, 2.75) is 44.1 Å². The van der Waals surface area contributed by atoms with Gasteiger partial charge in [0.25, 0.3) is 0 Å². The highest BCUT2D eigenvalue weighted by atomic mass is 16.6. The largest absolute Gasteiger partial charge is 0.504 e. The molecule has 0 bridgehead atoms. The molecule has 1 saturated carbocycles. The molecule has 11 heteroatoms. The summed E-state index contributed by atoms with van der Waals surface area (Å²) in [5.74, 6) is -4.97. The number of fused-ring (bicyclic) bond motifs is 4. The number of aromatic hydroxyl groups is 6. The zero-order valence-electron chi connectivity index (χ0n) is 24.6. The number of phenolic OH excluding ortho intramolecular Hbond substituents is 6. The van der Waals surface area contributed by atoms with E-state index < -0.39 is 29.5 Å². The number of hydrogen-bond donors (Lipinski definition) is 8. The molecule has 0 aliphatic heterocycles. The number of carboxylic acid groups (broad SMARTS) is 1. The van der Waals surface area contributed by atoms with Gasteiger partial charge in [-0.25, -0.2) is 9.59 Å². The van der Waals surface area contributed by atoms with Crippen molar-refractivity contribution in [3.05, 3.63) is 75.9 Å². The molecular weight excluding hydrogens is 596 g/mol. The van der Waals surface area contributed by atoms with E-state index >= 15 is 0 Å². The summed E-state index contributed by atoms with van der Waals surface area (Å²) in [5.41, 5.74) is 4.05. The minimum atomic E-state index is -1.60. The monoisotopic (exact) mass is 630 g/mol. The summed E-state index contributed by atoms with van der Waals surface area (Å²) >= 11 is 0. The number of aliphatic hydroxyl groups excluding tert-OH is 1. The standard InChI is InChI=1S/C35H34O11/c36-15-19-10-18-12-27(39)28(40)14-22(18)24-13-23-17(11-29(41)34(43)33(23)21-3-1-2-20(19)32(21)24)5-7-31(42)46-30(35(44)45)9-16-4-6-25(37)26(38)8-16/h4-8,11-14,19-21,30,32,36-41,43H,1-3,9-10,15H2,(H,44,45)/b7-5-/t19-,20+,21-,30-,32+/m1/s1. The first-order valence-corrected chi connectivity index (χ1v) is 15.1. The average Bonchev–Trinajstić information content (AvgIpc) is 3.15. The van der Waals surface area contributed by atoms with Gasteiger partial charge in [0, 0.05) is 24.7 Å². The molecule has 1 fully saturated rings. The smallest absolute Gasteiger partial charge is 0.345 e. The molecule has 240 valence electrons. The molecule has 0 heterocycles. The Morgan fingerprint density at radius 3 is 2.37 bits per heavy atom. The van der Waals surface area contributed by atoms with Crippen LogP contribution in [0, 0.1) is 17.8 Å². The Morgan fingerprint density at radius 2 is 1.65 bits per heavy atom. The molecule has 11 nitrogen and oxygen atoms in total. The van der Waals surface area contributed by atoms with Gasteiger partial charge in [0.1, 0.15) is 0 Å². The molecule has 8 N–H and O–H groups in total. The Balaban J connectivity index is 1.39. The number of benzene rings is 3. The first kappa shape index (κ1) is 30.8. The first-order valence-electron chi connectivity index (χ1n) is 15.1. The van der Waals surface area contributed by atoms with Gasteiger partial charge in [-0.2, -0.15) is 0 Å². The van der Waals surface area contributed by atoms with Crippen molar-refractivity contribution < 1.29 is 55.2 Å². The van der Waals surface area contributed by atoms with Crippen LogP contribution in [-0.4, -0.2) is 65.5 Å². The minimum Gasteiger partial charge on any atom is -0.504 e. The molecule has 3 aromatic rings. The molecule has 0 aromatic heterocycles. The highest BCUT2D eigenvalue weighted by Gasteiger charge is 2.47. The molecule has 6 rings (SSSR count). The third kappa shape index (κ3) is 5.47. The fourth-order valence-corrected chi connectivity index (χ4v) is 7.55. The fraction of sp³-hybridized carbons (Fsp3) is 0.314. The van der Waals surface area contributed by atoms with Crippen LogP contribution in [0.3, 0.4) is 0 Å². The number of phenols is 6. The van der Waals surface area contributed by atoms with Gasteiger partial charge in [-0.1, -0.05) is 12.5 Å². The molecule has 5 atom stereocenters. The number of carbonyl (C=O) groups excluding carboxylic acids is 1. The van der Waals surface area contributed by atoms with Crippen molar-refractivity contribution in [3.63, 3.8) is 0 Å². The third-order valence-electron chi connectivity index (χ3n) is 9.60. The van der Waals surface area contributed by atoms with Crippen LogP contribution in [0.1, 0.15) is 58.6 Å². The number of hydrogen-bond acceptors (Lipinski definition) is 10. The zero-order chi connectivity index (χ0) is 32.9. The Labute approximate surface area is 263 Å². The first-order chi connectivity index (χ1) is 22.0. The van der Waals surface area contributed by atoms with Crippen molar-refractivity contribution in [2.75, 3.05) is 6.61 Å². The predicted octanol–water partition coefficient (Wildman–Crippen LogP) is 4.39. The number of aliphatic carboxylic acids is 1. The van der Waals surface area contributed by atoms with E-state index in [-0.39, 0.29) is 59.7 Å². The van der Waals surface area contributed by atoms with Gasteiger partial charge < -0.3 is 45.6 Å². The Morgan fingerprint density at radius 1 is 0.913 bits per heavy atom. The van der Waals surface area contributed by atoms with E-state index in [4.69, 9.17) is 4.74 Å². The molecule has 3 aliphatic rings. The normalized spacial score (nSPS) is 22.2. The highest BCUT2D eigenvalue weighted by molar-refractivity contribution is 5.95. The van der Waals surface area contributed by atoms with Crippen molar-refractivity contribution >= 4 is 29.7 Å². The SMILES string of the molecule is O=C(/C=C\c1cc(O)c(O)c2c1C=C1c3cc(O)c(O)cc3C[C@H](CO)[C@@H]3CCC[C@@H]2[C@@H]13)O[C@H](Cc1ccc(O)c(O)c1)C(=O)O. The average molecular weight is 631 g/mol. The lowest BCUT2D eigenvalue weighted by atomic mass is 9.59. The van der Waals surface area contributed by atoms with Crippen LogP contribution >= 0.6 is 0 Å². The van der Waals surface area contributed by atoms with Crippen LogP contribution < -0.4 is 0 Å². The van der Waals surface area contributed by atoms with Crippen molar-refractivity contribution in [1.82, 2.24) is 0 Å². The van der Waals surface area contributed by atoms with Gasteiger partial charge in [-0.05, 0) is 119 Å². The maximum absolute atomic E-state index is 12.8. The summed E-state index contributed by atoms with van der Waals surface area (Å²) in [6.07, 6.45) is 5.17. The number of aliphatic hydroxyl groups is 1. The van der Waals surface area contributed by atoms with Gasteiger partial charge in [0.2, 0.25) is 6.10 Å². The van der Waals surface area contributed by atoms with Crippen molar-refractivity contribution in [1.29, 1.82) is 0 Å². The highest BCUT2D eigenvalue weighted by Crippen LogP contribution is 2.60. The number of allylic oxidation sites excluding steroid dienone is 1. The number of ether oxygens (including phenoxy) is 1. The quantitative estimate of drug-likeness (QED) is 0.104. The Hall–Kier alpha value is -5.16. The summed E-state index contributed by atoms with van der Waals surface area (Å²) in [6, 6.07) is 8.08. The topological polar surface area (TPSA) is 205 Å². The number of rotatable bonds is 7. The number of carboxylic acids is 1. The maximum Gasteiger partial charge on any atom is 0.345 e. The fourth-order valence-electron chi connectivity index (χ4n) is 7.55. The van der Waals surface area contributed by atoms with Crippen LogP contribution in [0.25, 0.3) is 17.7 Å². The summed E-state index contributed by atoms with van der Waals surface area (Å²) in [5, 5.41) is 82.0. The maximum atomic E-state index is 12.8. The summed E-state index contributed by atoms with van der Waals surface area (Å²) in [7, 11) is 0. The second kappa shape index (κ2) is 12.0. The molecule has 0 radical (unpaired) electrons. The Bertz CT molecular complexity index is 1790. The van der Waals surface area contributed by atoms with Gasteiger partial charge in [-0.3, -0.25) is 0 Å². The van der Waals surface area contributed by atoms with Crippen molar-refractivity contribution in [2.24, 2.45) is 17.8 Å². The van der Waals surface area contributed by atoms with E-state index in [9.17, 15) is 50.4 Å². The summed E-state index contributed by atoms with van der Waals surface area (Å²) in [6.45, 7) is -0.0809. The van der Waals surface area contributed by atoms with Gasteiger partial charge in [-0.15, -0.1) is 0 Å². The molecule has 3 aliphatic carbocycles. The molecular formula is C35H34O11. The zero-order valence-corrected chi connectivity index (χ0v) is 24.6. The van der Waals surface area contributed by atoms with E-state index in [2.05, 4.69) is 0 Å². The van der Waals surface area contributed by atoms with E-state index in [0.29, 0.717) is 40.7 Å². The molecule has 46 heavy (non-hydrogen) atoms. The van der Waals surface area contributed by atoms with E-state index in [1.807, 2.05) is 6.08 Å². The lowest BCUT2D eigenvalue weighted by Crippen LogP contribution is -2.35. The third-order valence-corrected chi connectivity index (χ3v) is 9.60. The van der Waals surface area contributed by atoms with Crippen LogP contribution in [0.4, 0.5) is 0 Å². The Kier molecular flexibility index (Phi) is 8.03. The molecule has 0 saturated heterocycles. The lowest BCUT2D eigenvalue weighted by Gasteiger charge is -2.44. The molecule has 0 unspecified atom stereocenters. The van der Waals surface area contributed by atoms with Crippen LogP contribution in [-0.2, 0) is 27.2 Å². The molecule has 3 aromatic carbocycles. The van der Waals surface area contributed by atoms with Crippen LogP contribution in [0.15, 0.2) is 42.5 Å². The second-order valence-electron chi connectivity index (χ2n) is 12.3. The van der Waals surface area contributed by atoms with Gasteiger partial charge >= 0.3 is 11.9 Å². The summed E-state index contributed by atoms with van der Waals surface area (Å²) in [4.78, 5) is 24.7. The minimum absolute atomic E-state index is 0.0269. The molecule has 0 amide bonds. The predicted molar refractivity (Wildman–Crippen MR) is 165 cm³/mol.